The third-order valence-corrected chi connectivity index (χ3v) is 5.17. The molecule has 10 heteroatoms. The number of pyridine rings is 1. The molecule has 0 saturated heterocycles. The minimum Gasteiger partial charge on any atom is -0.468 e. The van der Waals surface area contributed by atoms with Gasteiger partial charge in [0.1, 0.15) is 5.69 Å². The van der Waals surface area contributed by atoms with E-state index in [2.05, 4.69) is 9.72 Å². The number of alkyl halides is 3. The minimum absolute atomic E-state index is 0.00784. The molecule has 1 aliphatic rings. The number of halogens is 3. The molecule has 1 saturated carbocycles. The van der Waals surface area contributed by atoms with Crippen molar-refractivity contribution in [3.63, 3.8) is 0 Å². The number of hydrogen-bond acceptors (Lipinski definition) is 5. The number of nitrogens with one attached hydrogen (secondary N) is 1. The normalized spacial score (nSPS) is 16.4. The summed E-state index contributed by atoms with van der Waals surface area (Å²) in [6, 6.07) is 3.62. The van der Waals surface area contributed by atoms with Gasteiger partial charge < -0.3 is 4.74 Å². The molecule has 0 atom stereocenters. The van der Waals surface area contributed by atoms with E-state index in [0.717, 1.165) is 38.2 Å². The predicted molar refractivity (Wildman–Crippen MR) is 83.6 cm³/mol. The van der Waals surface area contributed by atoms with Crippen molar-refractivity contribution in [2.24, 2.45) is 5.92 Å². The highest BCUT2D eigenvalue weighted by Gasteiger charge is 2.29. The first-order chi connectivity index (χ1) is 11.6. The lowest BCUT2D eigenvalue weighted by Gasteiger charge is -2.21. The van der Waals surface area contributed by atoms with E-state index in [1.165, 1.54) is 12.1 Å². The van der Waals surface area contributed by atoms with Crippen LogP contribution in [0.1, 0.15) is 42.6 Å². The van der Waals surface area contributed by atoms with Gasteiger partial charge >= 0.3 is 6.18 Å². The SMILES string of the molecule is O=C(NS(=O)(=O)CC1CCCCC1)c1cccc(OCC(F)(F)F)n1. The maximum atomic E-state index is 12.1. The van der Waals surface area contributed by atoms with E-state index in [1.807, 2.05) is 4.72 Å². The van der Waals surface area contributed by atoms with E-state index in [9.17, 15) is 26.4 Å². The Balaban J connectivity index is 1.97. The molecule has 0 aromatic carbocycles. The maximum absolute atomic E-state index is 12.1. The van der Waals surface area contributed by atoms with E-state index >= 15 is 0 Å². The summed E-state index contributed by atoms with van der Waals surface area (Å²) in [6.07, 6.45) is 0.0750. The molecule has 1 fully saturated rings. The molecule has 1 amide bonds. The summed E-state index contributed by atoms with van der Waals surface area (Å²) >= 11 is 0. The van der Waals surface area contributed by atoms with Crippen molar-refractivity contribution in [2.45, 2.75) is 38.3 Å². The molecule has 1 aliphatic carbocycles. The average Bonchev–Trinajstić information content (AvgIpc) is 2.52. The lowest BCUT2D eigenvalue weighted by molar-refractivity contribution is -0.154. The Morgan fingerprint density at radius 1 is 1.24 bits per heavy atom. The molecule has 1 heterocycles. The minimum atomic E-state index is -4.54. The molecule has 1 N–H and O–H groups in total. The zero-order valence-electron chi connectivity index (χ0n) is 13.4. The summed E-state index contributed by atoms with van der Waals surface area (Å²) < 4.78 is 66.9. The van der Waals surface area contributed by atoms with E-state index in [4.69, 9.17) is 0 Å². The predicted octanol–water partition coefficient (Wildman–Crippen LogP) is 2.66. The second-order valence-corrected chi connectivity index (χ2v) is 7.75. The number of ether oxygens (including phenoxy) is 1. The van der Waals surface area contributed by atoms with Crippen molar-refractivity contribution in [2.75, 3.05) is 12.4 Å². The number of sulfonamides is 1. The maximum Gasteiger partial charge on any atom is 0.422 e. The topological polar surface area (TPSA) is 85.4 Å². The smallest absolute Gasteiger partial charge is 0.422 e. The lowest BCUT2D eigenvalue weighted by atomic mass is 9.91. The highest BCUT2D eigenvalue weighted by atomic mass is 32.2. The van der Waals surface area contributed by atoms with Gasteiger partial charge in [0.05, 0.1) is 5.75 Å². The number of amides is 1. The van der Waals surface area contributed by atoms with Crippen LogP contribution < -0.4 is 9.46 Å². The van der Waals surface area contributed by atoms with Crippen LogP contribution >= 0.6 is 0 Å². The first-order valence-corrected chi connectivity index (χ1v) is 9.51. The van der Waals surface area contributed by atoms with E-state index in [0.29, 0.717) is 0 Å². The fraction of sp³-hybridized carbons (Fsp3) is 0.600. The van der Waals surface area contributed by atoms with Crippen molar-refractivity contribution < 1.29 is 31.1 Å². The molecule has 0 radical (unpaired) electrons. The number of carbonyl (C=O) groups is 1. The Hall–Kier alpha value is -1.84. The van der Waals surface area contributed by atoms with Gasteiger partial charge in [0.25, 0.3) is 5.91 Å². The largest absolute Gasteiger partial charge is 0.468 e. The highest BCUT2D eigenvalue weighted by Crippen LogP contribution is 2.24. The Kier molecular flexibility index (Phi) is 6.26. The van der Waals surface area contributed by atoms with E-state index in [-0.39, 0.29) is 17.4 Å². The quantitative estimate of drug-likeness (QED) is 0.820. The van der Waals surface area contributed by atoms with Gasteiger partial charge in [-0.15, -0.1) is 0 Å². The Bertz CT molecular complexity index is 701. The molecule has 0 bridgehead atoms. The van der Waals surface area contributed by atoms with Crippen LogP contribution in [-0.2, 0) is 10.0 Å². The summed E-state index contributed by atoms with van der Waals surface area (Å²) in [5.74, 6) is -1.54. The Labute approximate surface area is 143 Å². The Morgan fingerprint density at radius 2 is 1.92 bits per heavy atom. The van der Waals surface area contributed by atoms with Gasteiger partial charge in [-0.3, -0.25) is 4.79 Å². The van der Waals surface area contributed by atoms with Crippen molar-refractivity contribution >= 4 is 15.9 Å². The fourth-order valence-electron chi connectivity index (χ4n) is 2.68. The number of rotatable bonds is 6. The van der Waals surface area contributed by atoms with Crippen LogP contribution in [0.15, 0.2) is 18.2 Å². The molecular weight excluding hydrogens is 361 g/mol. The first-order valence-electron chi connectivity index (χ1n) is 7.86. The standard InChI is InChI=1S/C15H19F3N2O4S/c16-15(17,18)10-24-13-8-4-7-12(19-13)14(21)20-25(22,23)9-11-5-2-1-3-6-11/h4,7-8,11H,1-3,5-6,9-10H2,(H,20,21). The van der Waals surface area contributed by atoms with Crippen LogP contribution in [0.2, 0.25) is 0 Å². The van der Waals surface area contributed by atoms with Crippen molar-refractivity contribution in [1.82, 2.24) is 9.71 Å². The van der Waals surface area contributed by atoms with Gasteiger partial charge in [0, 0.05) is 6.07 Å². The van der Waals surface area contributed by atoms with Crippen LogP contribution in [0.4, 0.5) is 13.2 Å². The molecule has 0 aliphatic heterocycles. The van der Waals surface area contributed by atoms with Crippen molar-refractivity contribution in [3.05, 3.63) is 23.9 Å². The number of carbonyl (C=O) groups excluding carboxylic acids is 1. The molecule has 140 valence electrons. The van der Waals surface area contributed by atoms with Crippen LogP contribution in [-0.4, -0.2) is 37.8 Å². The van der Waals surface area contributed by atoms with Gasteiger partial charge in [-0.25, -0.2) is 18.1 Å². The molecule has 1 aromatic rings. The molecule has 0 unspecified atom stereocenters. The summed E-state index contributed by atoms with van der Waals surface area (Å²) in [6.45, 7) is -1.55. The molecule has 1 aromatic heterocycles. The van der Waals surface area contributed by atoms with Gasteiger partial charge in [-0.2, -0.15) is 13.2 Å². The monoisotopic (exact) mass is 380 g/mol. The third kappa shape index (κ3) is 6.89. The van der Waals surface area contributed by atoms with Gasteiger partial charge in [-0.05, 0) is 24.8 Å². The average molecular weight is 380 g/mol. The second-order valence-electron chi connectivity index (χ2n) is 5.98. The molecule has 0 spiro atoms. The zero-order chi connectivity index (χ0) is 18.5. The van der Waals surface area contributed by atoms with Gasteiger partial charge in [-0.1, -0.05) is 25.3 Å². The second kappa shape index (κ2) is 8.03. The molecule has 25 heavy (non-hydrogen) atoms. The van der Waals surface area contributed by atoms with E-state index < -0.39 is 34.6 Å². The summed E-state index contributed by atoms with van der Waals surface area (Å²) in [5.41, 5.74) is -0.327. The van der Waals surface area contributed by atoms with Crippen LogP contribution in [0.3, 0.4) is 0 Å². The number of aromatic nitrogens is 1. The van der Waals surface area contributed by atoms with Crippen LogP contribution in [0, 0.1) is 5.92 Å². The van der Waals surface area contributed by atoms with Crippen molar-refractivity contribution in [1.29, 1.82) is 0 Å². The van der Waals surface area contributed by atoms with Gasteiger partial charge in [0.15, 0.2) is 6.61 Å². The Morgan fingerprint density at radius 3 is 2.56 bits per heavy atom. The molecular formula is C15H19F3N2O4S. The summed E-state index contributed by atoms with van der Waals surface area (Å²) in [4.78, 5) is 15.6. The third-order valence-electron chi connectivity index (χ3n) is 3.77. The van der Waals surface area contributed by atoms with Crippen molar-refractivity contribution in [3.8, 4) is 5.88 Å². The zero-order valence-corrected chi connectivity index (χ0v) is 14.2. The summed E-state index contributed by atoms with van der Waals surface area (Å²) in [5, 5.41) is 0. The van der Waals surface area contributed by atoms with E-state index in [1.54, 1.807) is 0 Å². The first kappa shape index (κ1) is 19.5. The molecule has 6 nitrogen and oxygen atoms in total. The molecule has 2 rings (SSSR count). The van der Waals surface area contributed by atoms with Crippen LogP contribution in [0.25, 0.3) is 0 Å². The number of nitrogens with zero attached hydrogens (tertiary/aromatic N) is 1. The lowest BCUT2D eigenvalue weighted by Crippen LogP contribution is -2.35. The summed E-state index contributed by atoms with van der Waals surface area (Å²) in [7, 11) is -3.84. The fourth-order valence-corrected chi connectivity index (χ4v) is 4.10. The van der Waals surface area contributed by atoms with Gasteiger partial charge in [0.2, 0.25) is 15.9 Å². The number of hydrogen-bond donors (Lipinski definition) is 1. The van der Waals surface area contributed by atoms with Crippen LogP contribution in [0.5, 0.6) is 5.88 Å². The highest BCUT2D eigenvalue weighted by molar-refractivity contribution is 7.90.